The monoisotopic (exact) mass is 410 g/mol. The number of morpholine rings is 1. The largest absolute Gasteiger partial charge is 0.478 e. The van der Waals surface area contributed by atoms with Gasteiger partial charge in [0.05, 0.1) is 35.2 Å². The van der Waals surface area contributed by atoms with Gasteiger partial charge in [-0.25, -0.2) is 9.78 Å². The molecule has 1 N–H and O–H groups in total. The molecule has 3 aromatic rings. The lowest BCUT2D eigenvalue weighted by Gasteiger charge is -2.26. The van der Waals surface area contributed by atoms with Gasteiger partial charge in [0.15, 0.2) is 0 Å². The molecule has 4 rings (SSSR count). The van der Waals surface area contributed by atoms with E-state index < -0.39 is 5.97 Å². The van der Waals surface area contributed by atoms with E-state index in [0.717, 1.165) is 44.8 Å². The van der Waals surface area contributed by atoms with Crippen molar-refractivity contribution < 1.29 is 19.1 Å². The van der Waals surface area contributed by atoms with Crippen molar-refractivity contribution in [1.29, 1.82) is 0 Å². The molecule has 0 atom stereocenters. The number of carboxylic acids is 1. The van der Waals surface area contributed by atoms with Gasteiger partial charge in [-0.15, -0.1) is 0 Å². The first-order valence-corrected chi connectivity index (χ1v) is 10.4. The number of carbonyl (C=O) groups is 1. The van der Waals surface area contributed by atoms with Crippen LogP contribution in [0.4, 0.5) is 0 Å². The van der Waals surface area contributed by atoms with E-state index in [1.807, 2.05) is 12.1 Å². The fourth-order valence-electron chi connectivity index (χ4n) is 3.87. The number of aromatic nitrogens is 1. The fourth-order valence-corrected chi connectivity index (χ4v) is 3.87. The third-order valence-corrected chi connectivity index (χ3v) is 5.65. The van der Waals surface area contributed by atoms with Gasteiger partial charge in [0.1, 0.15) is 5.58 Å². The molecule has 0 radical (unpaired) electrons. The Kier molecular flexibility index (Phi) is 5.83. The van der Waals surface area contributed by atoms with E-state index in [0.29, 0.717) is 23.1 Å². The first-order chi connectivity index (χ1) is 14.4. The molecule has 1 aliphatic rings. The van der Waals surface area contributed by atoms with E-state index in [1.165, 1.54) is 6.07 Å². The first kappa shape index (κ1) is 20.5. The first-order valence-electron chi connectivity index (χ1n) is 10.4. The summed E-state index contributed by atoms with van der Waals surface area (Å²) in [5.41, 5.74) is 1.95. The Morgan fingerprint density at radius 3 is 2.67 bits per heavy atom. The summed E-state index contributed by atoms with van der Waals surface area (Å²) in [4.78, 5) is 31.7. The van der Waals surface area contributed by atoms with Crippen LogP contribution in [0.25, 0.3) is 22.1 Å². The number of hydrogen-bond donors (Lipinski definition) is 1. The zero-order chi connectivity index (χ0) is 21.3. The fraction of sp³-hybridized carbons (Fsp3) is 0.435. The number of hydrogen-bond acceptors (Lipinski definition) is 6. The Balaban J connectivity index is 1.71. The van der Waals surface area contributed by atoms with Crippen molar-refractivity contribution in [3.05, 3.63) is 51.3 Å². The molecule has 0 saturated carbocycles. The summed E-state index contributed by atoms with van der Waals surface area (Å²) in [6, 6.07) is 6.97. The highest BCUT2D eigenvalue weighted by Crippen LogP contribution is 2.24. The van der Waals surface area contributed by atoms with Gasteiger partial charge in [-0.1, -0.05) is 19.9 Å². The summed E-state index contributed by atoms with van der Waals surface area (Å²) in [5.74, 6) is -0.813. The molecule has 7 nitrogen and oxygen atoms in total. The van der Waals surface area contributed by atoms with Crippen molar-refractivity contribution in [2.45, 2.75) is 32.6 Å². The average Bonchev–Trinajstić information content (AvgIpc) is 2.74. The van der Waals surface area contributed by atoms with Crippen molar-refractivity contribution in [3.8, 4) is 0 Å². The van der Waals surface area contributed by atoms with Crippen molar-refractivity contribution in [1.82, 2.24) is 9.88 Å². The maximum absolute atomic E-state index is 13.1. The molecule has 7 heteroatoms. The second-order valence-electron chi connectivity index (χ2n) is 8.04. The highest BCUT2D eigenvalue weighted by Gasteiger charge is 2.19. The minimum Gasteiger partial charge on any atom is -0.478 e. The third kappa shape index (κ3) is 4.08. The second kappa shape index (κ2) is 8.53. The molecular weight excluding hydrogens is 384 g/mol. The second-order valence-corrected chi connectivity index (χ2v) is 8.04. The highest BCUT2D eigenvalue weighted by atomic mass is 16.5. The van der Waals surface area contributed by atoms with E-state index in [-0.39, 0.29) is 28.0 Å². The minimum atomic E-state index is -1.08. The number of benzene rings is 1. The van der Waals surface area contributed by atoms with Crippen molar-refractivity contribution in [2.75, 3.05) is 32.8 Å². The molecule has 0 amide bonds. The summed E-state index contributed by atoms with van der Waals surface area (Å²) < 4.78 is 11.3. The molecular formula is C23H26N2O5. The van der Waals surface area contributed by atoms with Crippen molar-refractivity contribution in [2.24, 2.45) is 0 Å². The summed E-state index contributed by atoms with van der Waals surface area (Å²) in [6.45, 7) is 8.18. The molecule has 3 heterocycles. The maximum Gasteiger partial charge on any atom is 0.337 e. The predicted molar refractivity (Wildman–Crippen MR) is 114 cm³/mol. The molecule has 1 aliphatic heterocycles. The number of aryl methyl sites for hydroxylation is 1. The van der Waals surface area contributed by atoms with Crippen LogP contribution in [0.3, 0.4) is 0 Å². The minimum absolute atomic E-state index is 0.0659. The van der Waals surface area contributed by atoms with E-state index in [9.17, 15) is 14.7 Å². The summed E-state index contributed by atoms with van der Waals surface area (Å²) >= 11 is 0. The molecule has 30 heavy (non-hydrogen) atoms. The molecule has 0 aliphatic carbocycles. The van der Waals surface area contributed by atoms with Gasteiger partial charge < -0.3 is 14.3 Å². The number of carboxylic acid groups (broad SMARTS) is 1. The number of fused-ring (bicyclic) bond motifs is 2. The van der Waals surface area contributed by atoms with Crippen LogP contribution >= 0.6 is 0 Å². The van der Waals surface area contributed by atoms with Gasteiger partial charge in [-0.3, -0.25) is 9.69 Å². The van der Waals surface area contributed by atoms with Gasteiger partial charge in [0.2, 0.25) is 11.1 Å². The molecule has 1 aromatic carbocycles. The maximum atomic E-state index is 13.1. The SMILES string of the molecule is CC(C)c1ccc2oc3nc(CCCN4CCOCC4)c(C(=O)O)cc3c(=O)c2c1. The number of ether oxygens (including phenoxy) is 1. The highest BCUT2D eigenvalue weighted by molar-refractivity contribution is 5.95. The van der Waals surface area contributed by atoms with Crippen molar-refractivity contribution >= 4 is 28.0 Å². The van der Waals surface area contributed by atoms with Crippen LogP contribution in [0.1, 0.15) is 47.8 Å². The van der Waals surface area contributed by atoms with E-state index in [2.05, 4.69) is 23.7 Å². The van der Waals surface area contributed by atoms with Crippen LogP contribution in [0.5, 0.6) is 0 Å². The summed E-state index contributed by atoms with van der Waals surface area (Å²) in [7, 11) is 0. The topological polar surface area (TPSA) is 92.9 Å². The number of pyridine rings is 1. The van der Waals surface area contributed by atoms with E-state index in [4.69, 9.17) is 9.15 Å². The molecule has 0 spiro atoms. The lowest BCUT2D eigenvalue weighted by atomic mass is 10.0. The number of rotatable bonds is 6. The number of aromatic carboxylic acids is 1. The van der Waals surface area contributed by atoms with Crippen LogP contribution in [-0.2, 0) is 11.2 Å². The predicted octanol–water partition coefficient (Wildman–Crippen LogP) is 3.43. The van der Waals surface area contributed by atoms with Crippen molar-refractivity contribution in [3.63, 3.8) is 0 Å². The Hall–Kier alpha value is -2.77. The zero-order valence-corrected chi connectivity index (χ0v) is 17.3. The lowest BCUT2D eigenvalue weighted by molar-refractivity contribution is 0.0374. The number of nitrogens with zero attached hydrogens (tertiary/aromatic N) is 2. The Labute approximate surface area is 174 Å². The Morgan fingerprint density at radius 2 is 1.97 bits per heavy atom. The summed E-state index contributed by atoms with van der Waals surface area (Å²) in [6.07, 6.45) is 1.28. The van der Waals surface area contributed by atoms with Gasteiger partial charge in [-0.2, -0.15) is 0 Å². The Morgan fingerprint density at radius 1 is 1.20 bits per heavy atom. The molecule has 158 valence electrons. The zero-order valence-electron chi connectivity index (χ0n) is 17.3. The molecule has 1 saturated heterocycles. The van der Waals surface area contributed by atoms with Crippen LogP contribution in [-0.4, -0.2) is 53.8 Å². The quantitative estimate of drug-likeness (QED) is 0.622. The third-order valence-electron chi connectivity index (χ3n) is 5.65. The van der Waals surface area contributed by atoms with Gasteiger partial charge in [-0.05, 0) is 49.1 Å². The van der Waals surface area contributed by atoms with E-state index >= 15 is 0 Å². The lowest BCUT2D eigenvalue weighted by Crippen LogP contribution is -2.37. The molecule has 1 fully saturated rings. The smallest absolute Gasteiger partial charge is 0.337 e. The van der Waals surface area contributed by atoms with Gasteiger partial charge in [0, 0.05) is 13.1 Å². The Bertz CT molecular complexity index is 1150. The standard InChI is InChI=1S/C23H26N2O5/c1-14(2)15-5-6-20-17(12-15)21(26)18-13-16(23(27)28)19(24-22(18)30-20)4-3-7-25-8-10-29-11-9-25/h5-6,12-14H,3-4,7-11H2,1-2H3,(H,27,28). The normalized spacial score (nSPS) is 15.3. The molecule has 2 aromatic heterocycles. The van der Waals surface area contributed by atoms with Crippen LogP contribution in [0.15, 0.2) is 33.5 Å². The molecule has 0 unspecified atom stereocenters. The van der Waals surface area contributed by atoms with Crippen LogP contribution < -0.4 is 5.43 Å². The average molecular weight is 410 g/mol. The van der Waals surface area contributed by atoms with Gasteiger partial charge in [0.25, 0.3) is 0 Å². The van der Waals surface area contributed by atoms with Crippen LogP contribution in [0.2, 0.25) is 0 Å². The van der Waals surface area contributed by atoms with E-state index in [1.54, 1.807) is 6.07 Å². The summed E-state index contributed by atoms with van der Waals surface area (Å²) in [5, 5.41) is 10.4. The van der Waals surface area contributed by atoms with Gasteiger partial charge >= 0.3 is 5.97 Å². The van der Waals surface area contributed by atoms with Crippen LogP contribution in [0, 0.1) is 0 Å². The molecule has 0 bridgehead atoms.